The maximum absolute atomic E-state index is 14.0. The van der Waals surface area contributed by atoms with E-state index in [0.29, 0.717) is 36.0 Å². The van der Waals surface area contributed by atoms with Crippen LogP contribution in [0.2, 0.25) is 5.02 Å². The summed E-state index contributed by atoms with van der Waals surface area (Å²) < 4.78 is 53.6. The smallest absolute Gasteiger partial charge is 0.435 e. The molecule has 0 aliphatic rings. The molecule has 0 spiro atoms. The Balaban J connectivity index is 1.71. The van der Waals surface area contributed by atoms with Crippen LogP contribution in [0.4, 0.5) is 19.0 Å². The molecule has 0 saturated heterocycles. The van der Waals surface area contributed by atoms with E-state index < -0.39 is 11.9 Å². The maximum atomic E-state index is 14.0. The minimum absolute atomic E-state index is 0.0778. The van der Waals surface area contributed by atoms with Crippen molar-refractivity contribution in [3.8, 4) is 22.6 Å². The number of aryl methyl sites for hydroxylation is 1. The van der Waals surface area contributed by atoms with Gasteiger partial charge in [-0.2, -0.15) is 22.8 Å². The third-order valence-electron chi connectivity index (χ3n) is 5.30. The van der Waals surface area contributed by atoms with Gasteiger partial charge in [0.1, 0.15) is 5.82 Å². The van der Waals surface area contributed by atoms with Gasteiger partial charge in [0.05, 0.1) is 19.8 Å². The molecule has 0 radical (unpaired) electrons. The number of ether oxygens (including phenoxy) is 2. The predicted molar refractivity (Wildman–Crippen MR) is 125 cm³/mol. The molecule has 0 aliphatic heterocycles. The van der Waals surface area contributed by atoms with Gasteiger partial charge in [-0.05, 0) is 37.1 Å². The van der Waals surface area contributed by atoms with Gasteiger partial charge in [-0.15, -0.1) is 0 Å². The monoisotopic (exact) mass is 490 g/mol. The van der Waals surface area contributed by atoms with Crippen molar-refractivity contribution in [1.82, 2.24) is 14.6 Å². The molecule has 0 amide bonds. The number of halogens is 4. The first-order valence-electron chi connectivity index (χ1n) is 10.4. The lowest BCUT2D eigenvalue weighted by molar-refractivity contribution is -0.140. The van der Waals surface area contributed by atoms with Gasteiger partial charge >= 0.3 is 6.18 Å². The minimum Gasteiger partial charge on any atom is -0.493 e. The van der Waals surface area contributed by atoms with E-state index in [-0.39, 0.29) is 21.8 Å². The number of methoxy groups -OCH3 is 2. The van der Waals surface area contributed by atoms with Gasteiger partial charge in [0.15, 0.2) is 22.8 Å². The zero-order valence-corrected chi connectivity index (χ0v) is 19.5. The molecular formula is C24H22ClF3N4O2. The van der Waals surface area contributed by atoms with Crippen LogP contribution in [0.5, 0.6) is 11.5 Å². The quantitative estimate of drug-likeness (QED) is 0.342. The van der Waals surface area contributed by atoms with Crippen LogP contribution in [0, 0.1) is 6.92 Å². The van der Waals surface area contributed by atoms with Gasteiger partial charge in [0, 0.05) is 28.9 Å². The Morgan fingerprint density at radius 1 is 1.03 bits per heavy atom. The highest BCUT2D eigenvalue weighted by Gasteiger charge is 2.39. The summed E-state index contributed by atoms with van der Waals surface area (Å²) >= 11 is 6.25. The molecule has 0 aliphatic carbocycles. The highest BCUT2D eigenvalue weighted by Crippen LogP contribution is 2.41. The number of fused-ring (bicyclic) bond motifs is 1. The van der Waals surface area contributed by atoms with E-state index in [1.165, 1.54) is 10.6 Å². The average Bonchev–Trinajstić information content (AvgIpc) is 3.19. The molecule has 0 fully saturated rings. The van der Waals surface area contributed by atoms with Crippen LogP contribution in [-0.4, -0.2) is 35.4 Å². The van der Waals surface area contributed by atoms with Gasteiger partial charge in [0.2, 0.25) is 0 Å². The Morgan fingerprint density at radius 2 is 1.76 bits per heavy atom. The second kappa shape index (κ2) is 9.42. The number of alkyl halides is 3. The molecule has 4 aromatic rings. The van der Waals surface area contributed by atoms with Crippen LogP contribution >= 0.6 is 11.6 Å². The Morgan fingerprint density at radius 3 is 2.44 bits per heavy atom. The van der Waals surface area contributed by atoms with Gasteiger partial charge in [-0.1, -0.05) is 35.9 Å². The van der Waals surface area contributed by atoms with E-state index in [9.17, 15) is 13.2 Å². The standard InChI is InChI=1S/C24H22ClF3N4O2/c1-14-12-20(29-11-10-15-8-9-18(33-2)19(13-15)34-3)32-23(30-14)21(22(31-32)24(26,27)28)16-6-4-5-7-17(16)25/h4-9,12-13,29H,10-11H2,1-3H3. The van der Waals surface area contributed by atoms with Crippen molar-refractivity contribution in [3.05, 3.63) is 70.5 Å². The van der Waals surface area contributed by atoms with Crippen molar-refractivity contribution in [2.75, 3.05) is 26.1 Å². The third kappa shape index (κ3) is 4.61. The molecule has 10 heteroatoms. The van der Waals surface area contributed by atoms with E-state index in [2.05, 4.69) is 15.4 Å². The number of hydrogen-bond donors (Lipinski definition) is 1. The van der Waals surface area contributed by atoms with Crippen LogP contribution in [0.1, 0.15) is 17.0 Å². The van der Waals surface area contributed by atoms with Crippen LogP contribution in [0.15, 0.2) is 48.5 Å². The number of nitrogens with zero attached hydrogens (tertiary/aromatic N) is 3. The van der Waals surface area contributed by atoms with E-state index in [4.69, 9.17) is 21.1 Å². The Hall–Kier alpha value is -3.46. The Bertz CT molecular complexity index is 1340. The lowest BCUT2D eigenvalue weighted by Gasteiger charge is -2.12. The number of nitrogens with one attached hydrogen (secondary N) is 1. The lowest BCUT2D eigenvalue weighted by atomic mass is 10.1. The number of benzene rings is 2. The molecule has 0 unspecified atom stereocenters. The molecule has 2 heterocycles. The maximum Gasteiger partial charge on any atom is 0.435 e. The summed E-state index contributed by atoms with van der Waals surface area (Å²) in [5.74, 6) is 1.62. The first-order valence-corrected chi connectivity index (χ1v) is 10.8. The number of rotatable bonds is 7. The summed E-state index contributed by atoms with van der Waals surface area (Å²) in [7, 11) is 3.12. The first-order chi connectivity index (χ1) is 16.2. The molecule has 2 aromatic carbocycles. The summed E-state index contributed by atoms with van der Waals surface area (Å²) in [6.45, 7) is 2.16. The van der Waals surface area contributed by atoms with Gasteiger partial charge in [-0.3, -0.25) is 0 Å². The molecule has 2 aromatic heterocycles. The predicted octanol–water partition coefficient (Wildman–Crippen LogP) is 6.05. The summed E-state index contributed by atoms with van der Waals surface area (Å²) in [4.78, 5) is 4.37. The minimum atomic E-state index is -4.69. The van der Waals surface area contributed by atoms with Crippen molar-refractivity contribution < 1.29 is 22.6 Å². The molecular weight excluding hydrogens is 469 g/mol. The molecule has 4 rings (SSSR count). The molecule has 34 heavy (non-hydrogen) atoms. The molecule has 0 bridgehead atoms. The largest absolute Gasteiger partial charge is 0.493 e. The second-order valence-electron chi connectivity index (χ2n) is 7.59. The fraction of sp³-hybridized carbons (Fsp3) is 0.250. The highest BCUT2D eigenvalue weighted by molar-refractivity contribution is 6.33. The summed E-state index contributed by atoms with van der Waals surface area (Å²) in [5, 5.41) is 7.27. The van der Waals surface area contributed by atoms with Crippen LogP contribution in [0.3, 0.4) is 0 Å². The van der Waals surface area contributed by atoms with Crippen molar-refractivity contribution in [1.29, 1.82) is 0 Å². The van der Waals surface area contributed by atoms with Gasteiger partial charge in [0.25, 0.3) is 0 Å². The SMILES string of the molecule is COc1ccc(CCNc2cc(C)nc3c(-c4ccccc4Cl)c(C(F)(F)F)nn23)cc1OC. The first kappa shape index (κ1) is 23.7. The number of hydrogen-bond acceptors (Lipinski definition) is 5. The summed E-state index contributed by atoms with van der Waals surface area (Å²) in [6.07, 6.45) is -4.10. The molecule has 1 N–H and O–H groups in total. The lowest BCUT2D eigenvalue weighted by Crippen LogP contribution is -2.11. The van der Waals surface area contributed by atoms with Crippen molar-refractivity contribution in [2.45, 2.75) is 19.5 Å². The molecule has 6 nitrogen and oxygen atoms in total. The van der Waals surface area contributed by atoms with Gasteiger partial charge in [-0.25, -0.2) is 4.98 Å². The molecule has 0 saturated carbocycles. The van der Waals surface area contributed by atoms with E-state index in [1.807, 2.05) is 18.2 Å². The molecule has 0 atom stereocenters. The van der Waals surface area contributed by atoms with Crippen molar-refractivity contribution in [2.24, 2.45) is 0 Å². The van der Waals surface area contributed by atoms with E-state index >= 15 is 0 Å². The van der Waals surface area contributed by atoms with Crippen molar-refractivity contribution >= 4 is 23.1 Å². The molecule has 178 valence electrons. The Labute approximate surface area is 199 Å². The third-order valence-corrected chi connectivity index (χ3v) is 5.63. The topological polar surface area (TPSA) is 60.7 Å². The Kier molecular flexibility index (Phi) is 6.56. The van der Waals surface area contributed by atoms with Gasteiger partial charge < -0.3 is 14.8 Å². The van der Waals surface area contributed by atoms with Crippen molar-refractivity contribution in [3.63, 3.8) is 0 Å². The van der Waals surface area contributed by atoms with Crippen LogP contribution < -0.4 is 14.8 Å². The summed E-state index contributed by atoms with van der Waals surface area (Å²) in [5.41, 5.74) is 0.629. The summed E-state index contributed by atoms with van der Waals surface area (Å²) in [6, 6.07) is 13.6. The van der Waals surface area contributed by atoms with E-state index in [0.717, 1.165) is 5.56 Å². The normalized spacial score (nSPS) is 11.6. The van der Waals surface area contributed by atoms with Crippen LogP contribution in [0.25, 0.3) is 16.8 Å². The zero-order valence-electron chi connectivity index (χ0n) is 18.7. The number of aromatic nitrogens is 3. The fourth-order valence-electron chi connectivity index (χ4n) is 3.75. The zero-order chi connectivity index (χ0) is 24.5. The van der Waals surface area contributed by atoms with E-state index in [1.54, 1.807) is 45.4 Å². The fourth-order valence-corrected chi connectivity index (χ4v) is 3.98. The second-order valence-corrected chi connectivity index (χ2v) is 7.99. The average molecular weight is 491 g/mol. The van der Waals surface area contributed by atoms with Crippen LogP contribution in [-0.2, 0) is 12.6 Å². The highest BCUT2D eigenvalue weighted by atomic mass is 35.5. The number of anilines is 1.